The van der Waals surface area contributed by atoms with Crippen LogP contribution in [0.15, 0.2) is 6.33 Å². The van der Waals surface area contributed by atoms with Crippen molar-refractivity contribution >= 4 is 17.0 Å². The summed E-state index contributed by atoms with van der Waals surface area (Å²) >= 11 is 0. The van der Waals surface area contributed by atoms with Crippen LogP contribution in [-0.4, -0.2) is 59.8 Å². The average Bonchev–Trinajstić information content (AvgIpc) is 2.93. The molecule has 1 saturated heterocycles. The number of aliphatic hydroxyl groups excluding tert-OH is 3. The van der Waals surface area contributed by atoms with Crippen LogP contribution in [0, 0.1) is 6.08 Å². The summed E-state index contributed by atoms with van der Waals surface area (Å²) in [5.74, 6) is -0.141. The Morgan fingerprint density at radius 3 is 2.75 bits per heavy atom. The second-order valence-electron chi connectivity index (χ2n) is 4.43. The topological polar surface area (TPSA) is 140 Å². The lowest BCUT2D eigenvalue weighted by Gasteiger charge is -2.16. The van der Waals surface area contributed by atoms with Crippen LogP contribution in [0.2, 0.25) is 0 Å². The minimum absolute atomic E-state index is 0.0323. The number of anilines is 1. The number of nitrogens with two attached hydrogens (primary N) is 1. The van der Waals surface area contributed by atoms with Gasteiger partial charge in [-0.2, -0.15) is 14.4 Å². The quantitative estimate of drug-likeness (QED) is 0.472. The molecular formula is C10H12FN5O4. The third kappa shape index (κ3) is 1.81. The number of aliphatic hydroxyl groups is 3. The van der Waals surface area contributed by atoms with Gasteiger partial charge < -0.3 is 25.8 Å². The Labute approximate surface area is 111 Å². The Morgan fingerprint density at radius 2 is 2.10 bits per heavy atom. The molecule has 0 saturated carbocycles. The van der Waals surface area contributed by atoms with E-state index in [2.05, 4.69) is 15.0 Å². The molecule has 9 nitrogen and oxygen atoms in total. The van der Waals surface area contributed by atoms with Gasteiger partial charge in [0.2, 0.25) is 0 Å². The molecule has 3 heterocycles. The number of aromatic nitrogens is 4. The predicted molar refractivity (Wildman–Crippen MR) is 62.7 cm³/mol. The fourth-order valence-electron chi connectivity index (χ4n) is 2.21. The fourth-order valence-corrected chi connectivity index (χ4v) is 2.21. The van der Waals surface area contributed by atoms with Gasteiger partial charge in [-0.15, -0.1) is 0 Å². The van der Waals surface area contributed by atoms with Crippen molar-refractivity contribution in [2.45, 2.75) is 24.5 Å². The van der Waals surface area contributed by atoms with E-state index in [1.165, 1.54) is 10.9 Å². The minimum atomic E-state index is -1.32. The Hall–Kier alpha value is -1.88. The molecule has 0 amide bonds. The molecule has 3 rings (SSSR count). The summed E-state index contributed by atoms with van der Waals surface area (Å²) in [6.45, 7) is -0.465. The third-order valence-corrected chi connectivity index (χ3v) is 3.21. The highest BCUT2D eigenvalue weighted by Crippen LogP contribution is 2.31. The molecule has 0 aromatic carbocycles. The first-order valence-electron chi connectivity index (χ1n) is 5.81. The molecule has 5 N–H and O–H groups in total. The SMILES string of the molecule is Nc1nc(F)nc2c1ncn2[C@@H]1O[C@H](CO)[C@H](O)C1O. The van der Waals surface area contributed by atoms with E-state index in [1.54, 1.807) is 0 Å². The van der Waals surface area contributed by atoms with Crippen molar-refractivity contribution in [2.24, 2.45) is 0 Å². The van der Waals surface area contributed by atoms with E-state index in [0.717, 1.165) is 0 Å². The summed E-state index contributed by atoms with van der Waals surface area (Å²) in [6.07, 6.45) is -4.38. The Kier molecular flexibility index (Phi) is 3.01. The number of ether oxygens (including phenoxy) is 1. The third-order valence-electron chi connectivity index (χ3n) is 3.21. The van der Waals surface area contributed by atoms with Gasteiger partial charge in [-0.1, -0.05) is 0 Å². The van der Waals surface area contributed by atoms with Crippen molar-refractivity contribution in [1.29, 1.82) is 0 Å². The number of halogens is 1. The van der Waals surface area contributed by atoms with Crippen LogP contribution in [0.5, 0.6) is 0 Å². The molecule has 0 bridgehead atoms. The van der Waals surface area contributed by atoms with E-state index in [0.29, 0.717) is 0 Å². The van der Waals surface area contributed by atoms with Crippen molar-refractivity contribution in [3.63, 3.8) is 0 Å². The lowest BCUT2D eigenvalue weighted by Crippen LogP contribution is -2.33. The van der Waals surface area contributed by atoms with Crippen LogP contribution >= 0.6 is 0 Å². The van der Waals surface area contributed by atoms with E-state index in [1.807, 2.05) is 0 Å². The zero-order valence-corrected chi connectivity index (χ0v) is 10.1. The minimum Gasteiger partial charge on any atom is -0.394 e. The van der Waals surface area contributed by atoms with Gasteiger partial charge in [-0.05, 0) is 0 Å². The van der Waals surface area contributed by atoms with Gasteiger partial charge in [0.15, 0.2) is 23.2 Å². The van der Waals surface area contributed by atoms with E-state index < -0.39 is 37.2 Å². The molecule has 1 aliphatic heterocycles. The Balaban J connectivity index is 2.07. The first-order chi connectivity index (χ1) is 9.52. The van der Waals surface area contributed by atoms with Crippen molar-refractivity contribution in [1.82, 2.24) is 19.5 Å². The maximum absolute atomic E-state index is 13.2. The number of hydrogen-bond acceptors (Lipinski definition) is 8. The fraction of sp³-hybridized carbons (Fsp3) is 0.500. The summed E-state index contributed by atoms with van der Waals surface area (Å²) in [6, 6.07) is 0. The number of fused-ring (bicyclic) bond motifs is 1. The lowest BCUT2D eigenvalue weighted by molar-refractivity contribution is -0.0511. The van der Waals surface area contributed by atoms with Crippen LogP contribution in [-0.2, 0) is 4.74 Å². The Morgan fingerprint density at radius 1 is 1.35 bits per heavy atom. The van der Waals surface area contributed by atoms with Crippen molar-refractivity contribution in [3.05, 3.63) is 12.4 Å². The molecule has 108 valence electrons. The first kappa shape index (κ1) is 13.1. The average molecular weight is 285 g/mol. The maximum atomic E-state index is 13.2. The molecule has 2 aromatic rings. The maximum Gasteiger partial charge on any atom is 0.312 e. The van der Waals surface area contributed by atoms with E-state index in [-0.39, 0.29) is 17.0 Å². The van der Waals surface area contributed by atoms with Gasteiger partial charge >= 0.3 is 6.08 Å². The second kappa shape index (κ2) is 4.59. The number of nitrogens with zero attached hydrogens (tertiary/aromatic N) is 4. The molecule has 0 spiro atoms. The molecule has 4 atom stereocenters. The van der Waals surface area contributed by atoms with Crippen LogP contribution in [0.1, 0.15) is 6.23 Å². The van der Waals surface area contributed by atoms with Gasteiger partial charge in [0.25, 0.3) is 0 Å². The summed E-state index contributed by atoms with van der Waals surface area (Å²) in [4.78, 5) is 10.8. The lowest BCUT2D eigenvalue weighted by atomic mass is 10.1. The van der Waals surface area contributed by atoms with Gasteiger partial charge in [0.1, 0.15) is 18.3 Å². The molecule has 20 heavy (non-hydrogen) atoms. The van der Waals surface area contributed by atoms with E-state index in [9.17, 15) is 14.6 Å². The van der Waals surface area contributed by atoms with Gasteiger partial charge in [0.05, 0.1) is 12.9 Å². The molecular weight excluding hydrogens is 273 g/mol. The highest BCUT2D eigenvalue weighted by Gasteiger charge is 2.44. The van der Waals surface area contributed by atoms with Crippen molar-refractivity contribution < 1.29 is 24.4 Å². The standard InChI is InChI=1S/C10H12FN5O4/c11-10-14-7(12)4-8(15-10)16(2-13-4)9-6(19)5(18)3(1-17)20-9/h2-3,5-6,9,17-19H,1H2,(H2,12,14,15)/t3-,5+,6?,9-/m1/s1. The molecule has 1 unspecified atom stereocenters. The molecule has 0 aliphatic carbocycles. The van der Waals surface area contributed by atoms with E-state index in [4.69, 9.17) is 15.6 Å². The molecule has 1 aliphatic rings. The highest BCUT2D eigenvalue weighted by molar-refractivity contribution is 5.81. The zero-order valence-electron chi connectivity index (χ0n) is 10.1. The van der Waals surface area contributed by atoms with E-state index >= 15 is 0 Å². The zero-order chi connectivity index (χ0) is 14.4. The number of imidazole rings is 1. The Bertz CT molecular complexity index is 650. The second-order valence-corrected chi connectivity index (χ2v) is 4.43. The molecule has 10 heteroatoms. The monoisotopic (exact) mass is 285 g/mol. The number of nitrogen functional groups attached to an aromatic ring is 1. The van der Waals surface area contributed by atoms with Gasteiger partial charge in [-0.3, -0.25) is 4.57 Å². The normalized spacial score (nSPS) is 30.2. The van der Waals surface area contributed by atoms with Crippen molar-refractivity contribution in [3.8, 4) is 0 Å². The number of hydrogen-bond donors (Lipinski definition) is 4. The highest BCUT2D eigenvalue weighted by atomic mass is 19.1. The number of rotatable bonds is 2. The van der Waals surface area contributed by atoms with Crippen LogP contribution in [0.25, 0.3) is 11.2 Å². The largest absolute Gasteiger partial charge is 0.394 e. The van der Waals surface area contributed by atoms with Crippen LogP contribution < -0.4 is 5.73 Å². The summed E-state index contributed by atoms with van der Waals surface area (Å²) in [7, 11) is 0. The smallest absolute Gasteiger partial charge is 0.312 e. The summed E-state index contributed by atoms with van der Waals surface area (Å²) < 4.78 is 19.8. The van der Waals surface area contributed by atoms with Gasteiger partial charge in [0, 0.05) is 0 Å². The summed E-state index contributed by atoms with van der Waals surface area (Å²) in [5, 5.41) is 28.7. The van der Waals surface area contributed by atoms with Gasteiger partial charge in [-0.25, -0.2) is 4.98 Å². The van der Waals surface area contributed by atoms with Crippen LogP contribution in [0.4, 0.5) is 10.2 Å². The molecule has 0 radical (unpaired) electrons. The first-order valence-corrected chi connectivity index (χ1v) is 5.81. The predicted octanol–water partition coefficient (Wildman–Crippen LogP) is -1.84. The molecule has 2 aromatic heterocycles. The van der Waals surface area contributed by atoms with Crippen LogP contribution in [0.3, 0.4) is 0 Å². The summed E-state index contributed by atoms with van der Waals surface area (Å²) in [5.41, 5.74) is 5.71. The van der Waals surface area contributed by atoms with Crippen molar-refractivity contribution in [2.75, 3.05) is 12.3 Å². The molecule has 1 fully saturated rings.